The first-order valence-electron chi connectivity index (χ1n) is 23.2. The van der Waals surface area contributed by atoms with Crippen LogP contribution in [0.1, 0.15) is 54.6 Å². The number of carbonyl (C=O) groups excluding carboxylic acids is 2. The summed E-state index contributed by atoms with van der Waals surface area (Å²) in [5, 5.41) is 0. The second-order valence-corrected chi connectivity index (χ2v) is 20.3. The summed E-state index contributed by atoms with van der Waals surface area (Å²) in [6.07, 6.45) is 8.20. The largest absolute Gasteiger partial charge is 0.377 e. The van der Waals surface area contributed by atoms with Crippen LogP contribution < -0.4 is 9.13 Å². The fourth-order valence-corrected chi connectivity index (χ4v) is 6.42. The number of esters is 2. The molecule has 0 spiro atoms. The number of fused-ring (bicyclic) bond motifs is 4. The third-order valence-electron chi connectivity index (χ3n) is 9.81. The fourth-order valence-electron chi connectivity index (χ4n) is 6.42. The molecule has 0 fully saturated rings. The van der Waals surface area contributed by atoms with Crippen molar-refractivity contribution in [2.75, 3.05) is 67.1 Å². The van der Waals surface area contributed by atoms with Crippen molar-refractivity contribution in [3.05, 3.63) is 179 Å². The van der Waals surface area contributed by atoms with Crippen molar-refractivity contribution in [2.45, 2.75) is 39.5 Å². The Morgan fingerprint density at radius 1 is 0.410 bits per heavy atom. The SMILES string of the molecule is COC(=O)c1ccc(C[n+]2ccc(-c3cc[n+](Cc4ccc(C(=O)OC)cc4)cc3)cc2)cc1.F[P-](F)(F)(F)(F)F.F[P-](F)(F)(F)(F)F.c1cc2nc(c1)COCCOCCOCc1cccc(n1)COCCOCCOC2. The van der Waals surface area contributed by atoms with Crippen LogP contribution in [0.2, 0.25) is 0 Å². The van der Waals surface area contributed by atoms with Crippen LogP contribution in [0.25, 0.3) is 11.1 Å². The maximum Gasteiger partial charge on any atom is 0.0889 e. The number of rotatable bonds is 7. The van der Waals surface area contributed by atoms with Crippen LogP contribution in [0.4, 0.5) is 50.4 Å². The first-order chi connectivity index (χ1) is 36.3. The Morgan fingerprint density at radius 3 is 0.897 bits per heavy atom. The first kappa shape index (κ1) is 64.3. The number of ether oxygens (including phenoxy) is 8. The average molecular weight is 1160 g/mol. The Bertz CT molecular complexity index is 2540. The van der Waals surface area contributed by atoms with Gasteiger partial charge in [-0.05, 0) is 59.7 Å². The number of nitrogens with zero attached hydrogens (tertiary/aromatic N) is 4. The van der Waals surface area contributed by atoms with Crippen LogP contribution >= 0.6 is 15.6 Å². The second-order valence-electron chi connectivity index (χ2n) is 16.5. The molecule has 4 aromatic heterocycles. The Morgan fingerprint density at radius 2 is 0.654 bits per heavy atom. The van der Waals surface area contributed by atoms with Gasteiger partial charge in [-0.15, -0.1) is 0 Å². The molecule has 430 valence electrons. The number of pyridine rings is 4. The second kappa shape index (κ2) is 27.6. The van der Waals surface area contributed by atoms with Gasteiger partial charge >= 0.3 is 77.9 Å². The van der Waals surface area contributed by atoms with Gasteiger partial charge in [0.15, 0.2) is 37.9 Å². The van der Waals surface area contributed by atoms with E-state index in [1.54, 1.807) is 24.3 Å². The van der Waals surface area contributed by atoms with E-state index in [0.717, 1.165) is 45.0 Å². The predicted molar refractivity (Wildman–Crippen MR) is 262 cm³/mol. The number of methoxy groups -OCH3 is 2. The number of aromatic nitrogens is 4. The molecule has 28 heteroatoms. The smallest absolute Gasteiger partial charge is 0.0889 e. The summed E-state index contributed by atoms with van der Waals surface area (Å²) in [6, 6.07) is 34.9. The fraction of sp³-hybridized carbons (Fsp3) is 0.320. The molecular weight excluding hydrogens is 1110 g/mol. The topological polar surface area (TPSA) is 142 Å². The molecule has 1 aliphatic rings. The van der Waals surface area contributed by atoms with E-state index in [9.17, 15) is 60.0 Å². The summed E-state index contributed by atoms with van der Waals surface area (Å²) in [4.78, 5) is 32.2. The van der Waals surface area contributed by atoms with E-state index in [4.69, 9.17) is 37.9 Å². The standard InChI is InChI=1S/C28H26N2O4.C22H30N2O6.2F6P/c1-33-27(31)25-7-3-21(4-8-25)19-29-15-11-23(12-16-29)24-13-17-30(18-14-24)20-22-5-9-26(10-6-22)28(32)34-2;1-3-19-15-27-11-7-25-9-13-29-17-21-5-2-6-22(24-21)18-30-14-10-26-8-12-28-16-20(4-1)23-19;2*1-7(2,3,4,5)6/h3-18H,19-20H2,1-2H3;1-6H,7-18H2;;/q+2;;2*-1. The molecule has 0 atom stereocenters. The molecule has 7 rings (SSSR count). The maximum atomic E-state index is 11.6. The van der Waals surface area contributed by atoms with Gasteiger partial charge in [0.2, 0.25) is 0 Å². The van der Waals surface area contributed by atoms with Crippen molar-refractivity contribution >= 4 is 27.6 Å². The number of halogens is 12. The third kappa shape index (κ3) is 31.9. The average Bonchev–Trinajstić information content (AvgIpc) is 3.38. The quantitative estimate of drug-likeness (QED) is 0.0650. The molecule has 0 aliphatic carbocycles. The van der Waals surface area contributed by atoms with Gasteiger partial charge in [-0.1, -0.05) is 36.4 Å². The van der Waals surface area contributed by atoms with Crippen LogP contribution in [0, 0.1) is 0 Å². The third-order valence-corrected chi connectivity index (χ3v) is 9.81. The molecule has 4 bridgehead atoms. The van der Waals surface area contributed by atoms with Gasteiger partial charge in [0.05, 0.1) is 127 Å². The maximum absolute atomic E-state index is 11.6. The summed E-state index contributed by atoms with van der Waals surface area (Å²) in [7, 11) is -18.6. The van der Waals surface area contributed by atoms with Crippen molar-refractivity contribution in [3.8, 4) is 11.1 Å². The molecule has 6 aromatic rings. The molecule has 14 nitrogen and oxygen atoms in total. The summed E-state index contributed by atoms with van der Waals surface area (Å²) in [5.41, 5.74) is 9.05. The summed E-state index contributed by atoms with van der Waals surface area (Å²) in [6.45, 7) is 7.26. The van der Waals surface area contributed by atoms with Crippen LogP contribution in [0.3, 0.4) is 0 Å². The molecule has 0 saturated heterocycles. The number of hydrogen-bond acceptors (Lipinski definition) is 12. The zero-order valence-corrected chi connectivity index (χ0v) is 43.7. The van der Waals surface area contributed by atoms with Crippen molar-refractivity contribution < 1.29 is 107 Å². The van der Waals surface area contributed by atoms with Gasteiger partial charge in [0.25, 0.3) is 0 Å². The van der Waals surface area contributed by atoms with Gasteiger partial charge in [0.1, 0.15) is 0 Å². The first-order valence-corrected chi connectivity index (χ1v) is 27.2. The number of carbonyl (C=O) groups is 2. The minimum absolute atomic E-state index is 0.329. The molecule has 0 N–H and O–H groups in total. The number of hydrogen-bond donors (Lipinski definition) is 0. The van der Waals surface area contributed by atoms with E-state index >= 15 is 0 Å². The molecule has 0 saturated carbocycles. The molecule has 2 aromatic carbocycles. The van der Waals surface area contributed by atoms with Crippen LogP contribution in [-0.2, 0) is 77.4 Å². The van der Waals surface area contributed by atoms with Crippen molar-refractivity contribution in [1.82, 2.24) is 9.97 Å². The Balaban J connectivity index is 0.000000272. The van der Waals surface area contributed by atoms with Crippen LogP contribution in [0.15, 0.2) is 134 Å². The van der Waals surface area contributed by atoms with E-state index in [1.165, 1.54) is 14.2 Å². The van der Waals surface area contributed by atoms with Gasteiger partial charge in [-0.3, -0.25) is 9.97 Å². The van der Waals surface area contributed by atoms with Gasteiger partial charge in [-0.2, -0.15) is 0 Å². The van der Waals surface area contributed by atoms with Gasteiger partial charge in [0, 0.05) is 35.4 Å². The molecule has 0 unspecified atom stereocenters. The molecule has 0 radical (unpaired) electrons. The van der Waals surface area contributed by atoms with E-state index in [1.807, 2.05) is 85.5 Å². The normalized spacial score (nSPS) is 16.0. The zero-order chi connectivity index (χ0) is 57.4. The molecule has 5 heterocycles. The van der Waals surface area contributed by atoms with E-state index in [-0.39, 0.29) is 11.9 Å². The summed E-state index contributed by atoms with van der Waals surface area (Å²) in [5.74, 6) is -0.659. The van der Waals surface area contributed by atoms with Crippen LogP contribution in [-0.4, -0.2) is 89.0 Å². The van der Waals surface area contributed by atoms with Gasteiger partial charge < -0.3 is 37.9 Å². The summed E-state index contributed by atoms with van der Waals surface area (Å²) >= 11 is 0. The predicted octanol–water partition coefficient (Wildman–Crippen LogP) is 12.7. The Labute approximate surface area is 440 Å². The van der Waals surface area contributed by atoms with Crippen LogP contribution in [0.5, 0.6) is 0 Å². The van der Waals surface area contributed by atoms with Crippen molar-refractivity contribution in [1.29, 1.82) is 0 Å². The van der Waals surface area contributed by atoms with Crippen molar-refractivity contribution in [2.24, 2.45) is 0 Å². The minimum atomic E-state index is -10.7. The van der Waals surface area contributed by atoms with E-state index in [0.29, 0.717) is 103 Å². The Hall–Kier alpha value is -6.24. The minimum Gasteiger partial charge on any atom is -0.377 e. The van der Waals surface area contributed by atoms with Crippen molar-refractivity contribution in [3.63, 3.8) is 0 Å². The zero-order valence-electron chi connectivity index (χ0n) is 41.9. The number of benzene rings is 2. The molecule has 0 amide bonds. The van der Waals surface area contributed by atoms with E-state index < -0.39 is 15.6 Å². The van der Waals surface area contributed by atoms with E-state index in [2.05, 4.69) is 43.4 Å². The molecule has 1 aliphatic heterocycles. The van der Waals surface area contributed by atoms with Gasteiger partial charge in [-0.25, -0.2) is 18.7 Å². The Kier molecular flexibility index (Phi) is 22.7. The summed E-state index contributed by atoms with van der Waals surface area (Å²) < 4.78 is 166. The monoisotopic (exact) mass is 1160 g/mol. The molecule has 78 heavy (non-hydrogen) atoms. The molecular formula is C50H56F12N4O10P2.